The molecule has 6 nitrogen and oxygen atoms in total. The maximum Gasteiger partial charge on any atom is 0.266 e. The summed E-state index contributed by atoms with van der Waals surface area (Å²) in [4.78, 5) is 32.3. The van der Waals surface area contributed by atoms with Crippen LogP contribution in [0.2, 0.25) is 5.15 Å². The van der Waals surface area contributed by atoms with Crippen molar-refractivity contribution in [1.29, 1.82) is 0 Å². The highest BCUT2D eigenvalue weighted by Crippen LogP contribution is 2.18. The van der Waals surface area contributed by atoms with E-state index in [-0.39, 0.29) is 28.6 Å². The summed E-state index contributed by atoms with van der Waals surface area (Å²) in [5.41, 5.74) is 1.24. The van der Waals surface area contributed by atoms with Crippen molar-refractivity contribution >= 4 is 17.4 Å². The summed E-state index contributed by atoms with van der Waals surface area (Å²) in [6, 6.07) is 13.6. The first-order valence-corrected chi connectivity index (χ1v) is 7.57. The first-order chi connectivity index (χ1) is 11.5. The normalized spacial score (nSPS) is 10.6. The van der Waals surface area contributed by atoms with E-state index in [1.54, 1.807) is 0 Å². The zero-order chi connectivity index (χ0) is 17.1. The molecular formula is C17H13ClN4O2. The fourth-order valence-electron chi connectivity index (χ4n) is 2.18. The van der Waals surface area contributed by atoms with Gasteiger partial charge in [0.1, 0.15) is 10.8 Å². The number of carbonyl (C=O) groups excluding carboxylic acids is 1. The molecule has 3 aromatic rings. The van der Waals surface area contributed by atoms with Gasteiger partial charge in [-0.2, -0.15) is 5.10 Å². The van der Waals surface area contributed by atoms with Crippen LogP contribution in [-0.4, -0.2) is 25.5 Å². The van der Waals surface area contributed by atoms with Crippen molar-refractivity contribution in [2.45, 2.75) is 6.42 Å². The Bertz CT molecular complexity index is 954. The third kappa shape index (κ3) is 3.55. The summed E-state index contributed by atoms with van der Waals surface area (Å²) in [6.07, 6.45) is 0.0235. The lowest BCUT2D eigenvalue weighted by molar-refractivity contribution is 0.0986. The Hall–Kier alpha value is -2.86. The van der Waals surface area contributed by atoms with E-state index in [0.717, 1.165) is 5.56 Å². The van der Waals surface area contributed by atoms with Crippen LogP contribution in [0.25, 0.3) is 11.4 Å². The zero-order valence-electron chi connectivity index (χ0n) is 12.8. The molecule has 0 fully saturated rings. The first-order valence-electron chi connectivity index (χ1n) is 7.19. The van der Waals surface area contributed by atoms with E-state index in [4.69, 9.17) is 11.6 Å². The molecule has 0 atom stereocenters. The minimum atomic E-state index is -0.248. The van der Waals surface area contributed by atoms with Gasteiger partial charge in [-0.15, -0.1) is 0 Å². The van der Waals surface area contributed by atoms with Crippen LogP contribution in [0, 0.1) is 0 Å². The lowest BCUT2D eigenvalue weighted by Crippen LogP contribution is -2.20. The Morgan fingerprint density at radius 1 is 1.12 bits per heavy atom. The predicted molar refractivity (Wildman–Crippen MR) is 90.0 cm³/mol. The molecule has 0 saturated heterocycles. The van der Waals surface area contributed by atoms with E-state index in [9.17, 15) is 9.59 Å². The number of carbonyl (C=O) groups is 1. The van der Waals surface area contributed by atoms with Crippen LogP contribution < -0.4 is 5.56 Å². The highest BCUT2D eigenvalue weighted by atomic mass is 35.5. The van der Waals surface area contributed by atoms with Gasteiger partial charge >= 0.3 is 0 Å². The third-order valence-corrected chi connectivity index (χ3v) is 3.56. The molecule has 1 aromatic carbocycles. The smallest absolute Gasteiger partial charge is 0.266 e. The Labute approximate surface area is 142 Å². The molecule has 2 aromatic heterocycles. The molecule has 0 amide bonds. The number of ketones is 1. The number of benzene rings is 1. The van der Waals surface area contributed by atoms with Crippen molar-refractivity contribution in [2.24, 2.45) is 7.05 Å². The summed E-state index contributed by atoms with van der Waals surface area (Å²) in [5.74, 6) is 0.141. The second kappa shape index (κ2) is 6.72. The molecule has 7 heteroatoms. The molecule has 0 N–H and O–H groups in total. The topological polar surface area (TPSA) is 77.7 Å². The second-order valence-electron chi connectivity index (χ2n) is 5.15. The zero-order valence-corrected chi connectivity index (χ0v) is 13.6. The van der Waals surface area contributed by atoms with Crippen LogP contribution in [0.15, 0.2) is 53.3 Å². The van der Waals surface area contributed by atoms with Crippen LogP contribution in [0.4, 0.5) is 0 Å². The fourth-order valence-corrected chi connectivity index (χ4v) is 2.36. The maximum absolute atomic E-state index is 12.5. The van der Waals surface area contributed by atoms with Crippen LogP contribution in [0.1, 0.15) is 16.2 Å². The number of hydrogen-bond acceptors (Lipinski definition) is 5. The van der Waals surface area contributed by atoms with Gasteiger partial charge in [-0.05, 0) is 6.07 Å². The van der Waals surface area contributed by atoms with Crippen molar-refractivity contribution in [3.8, 4) is 11.4 Å². The Balaban J connectivity index is 1.91. The molecular weight excluding hydrogens is 328 g/mol. The van der Waals surface area contributed by atoms with Gasteiger partial charge < -0.3 is 0 Å². The monoisotopic (exact) mass is 340 g/mol. The Morgan fingerprint density at radius 2 is 1.88 bits per heavy atom. The molecule has 120 valence electrons. The number of aryl methyl sites for hydroxylation is 1. The predicted octanol–water partition coefficient (Wildman–Crippen LogP) is 2.32. The Kier molecular flexibility index (Phi) is 4.48. The van der Waals surface area contributed by atoms with Gasteiger partial charge in [0.15, 0.2) is 11.6 Å². The molecule has 0 aliphatic carbocycles. The molecule has 0 aliphatic heterocycles. The minimum absolute atomic E-state index is 0.0235. The Morgan fingerprint density at radius 3 is 2.58 bits per heavy atom. The minimum Gasteiger partial charge on any atom is -0.292 e. The van der Waals surface area contributed by atoms with Gasteiger partial charge in [-0.25, -0.2) is 14.6 Å². The van der Waals surface area contributed by atoms with Gasteiger partial charge in [0.05, 0.1) is 12.1 Å². The van der Waals surface area contributed by atoms with Crippen LogP contribution >= 0.6 is 11.6 Å². The fraction of sp³-hybridized carbons (Fsp3) is 0.118. The van der Waals surface area contributed by atoms with E-state index < -0.39 is 0 Å². The molecule has 3 rings (SSSR count). The number of rotatable bonds is 4. The molecule has 0 spiro atoms. The molecule has 24 heavy (non-hydrogen) atoms. The summed E-state index contributed by atoms with van der Waals surface area (Å²) in [7, 11) is 1.53. The summed E-state index contributed by atoms with van der Waals surface area (Å²) in [6.45, 7) is 0. The van der Waals surface area contributed by atoms with Crippen molar-refractivity contribution < 1.29 is 4.79 Å². The molecule has 2 heterocycles. The second-order valence-corrected chi connectivity index (χ2v) is 5.54. The quantitative estimate of drug-likeness (QED) is 0.538. The van der Waals surface area contributed by atoms with Crippen LogP contribution in [0.5, 0.6) is 0 Å². The number of aromatic nitrogens is 4. The van der Waals surface area contributed by atoms with E-state index in [0.29, 0.717) is 11.5 Å². The lowest BCUT2D eigenvalue weighted by Gasteiger charge is -2.05. The molecule has 0 radical (unpaired) electrons. The van der Waals surface area contributed by atoms with Gasteiger partial charge in [0.2, 0.25) is 0 Å². The number of halogens is 1. The lowest BCUT2D eigenvalue weighted by atomic mass is 10.1. The van der Waals surface area contributed by atoms with Crippen molar-refractivity contribution in [3.05, 3.63) is 75.4 Å². The van der Waals surface area contributed by atoms with Gasteiger partial charge in [0, 0.05) is 24.7 Å². The standard InChI is InChI=1S/C17H13ClN4O2/c1-22-16(24)8-7-12(21-22)9-14(23)13-10-15(18)20-17(19-13)11-5-3-2-4-6-11/h2-8,10H,9H2,1H3. The van der Waals surface area contributed by atoms with Crippen molar-refractivity contribution in [2.75, 3.05) is 0 Å². The van der Waals surface area contributed by atoms with Gasteiger partial charge in [-0.1, -0.05) is 41.9 Å². The van der Waals surface area contributed by atoms with Crippen LogP contribution in [-0.2, 0) is 13.5 Å². The van der Waals surface area contributed by atoms with Gasteiger partial charge in [0.25, 0.3) is 5.56 Å². The molecule has 0 saturated carbocycles. The van der Waals surface area contributed by atoms with E-state index in [2.05, 4.69) is 15.1 Å². The summed E-state index contributed by atoms with van der Waals surface area (Å²) >= 11 is 6.03. The summed E-state index contributed by atoms with van der Waals surface area (Å²) in [5, 5.41) is 4.24. The SMILES string of the molecule is Cn1nc(CC(=O)c2cc(Cl)nc(-c3ccccc3)n2)ccc1=O. The first kappa shape index (κ1) is 16.0. The van der Waals surface area contributed by atoms with E-state index in [1.807, 2.05) is 30.3 Å². The van der Waals surface area contributed by atoms with Gasteiger partial charge in [-0.3, -0.25) is 9.59 Å². The number of Topliss-reactive ketones (excluding diaryl/α,β-unsaturated/α-hetero) is 1. The third-order valence-electron chi connectivity index (χ3n) is 3.37. The molecule has 0 bridgehead atoms. The average Bonchev–Trinajstić information content (AvgIpc) is 2.58. The highest BCUT2D eigenvalue weighted by molar-refractivity contribution is 6.29. The summed E-state index contributed by atoms with van der Waals surface area (Å²) < 4.78 is 1.19. The molecule has 0 unspecified atom stereocenters. The van der Waals surface area contributed by atoms with E-state index in [1.165, 1.54) is 29.9 Å². The molecule has 0 aliphatic rings. The van der Waals surface area contributed by atoms with E-state index >= 15 is 0 Å². The highest BCUT2D eigenvalue weighted by Gasteiger charge is 2.14. The van der Waals surface area contributed by atoms with Crippen molar-refractivity contribution in [3.63, 3.8) is 0 Å². The maximum atomic E-state index is 12.5. The van der Waals surface area contributed by atoms with Crippen molar-refractivity contribution in [1.82, 2.24) is 19.7 Å². The average molecular weight is 341 g/mol. The van der Waals surface area contributed by atoms with Crippen LogP contribution in [0.3, 0.4) is 0 Å². The number of nitrogens with zero attached hydrogens (tertiary/aromatic N) is 4. The largest absolute Gasteiger partial charge is 0.292 e. The number of hydrogen-bond donors (Lipinski definition) is 0.